The molecule has 0 bridgehead atoms. The second-order valence-electron chi connectivity index (χ2n) is 1.90. The highest BCUT2D eigenvalue weighted by atomic mass is 16.3. The van der Waals surface area contributed by atoms with Crippen molar-refractivity contribution in [2.45, 2.75) is 0 Å². The molecule has 0 aromatic heterocycles. The van der Waals surface area contributed by atoms with Gasteiger partial charge in [-0.3, -0.25) is 15.6 Å². The van der Waals surface area contributed by atoms with Crippen molar-refractivity contribution in [3.63, 3.8) is 0 Å². The van der Waals surface area contributed by atoms with Gasteiger partial charge in [0, 0.05) is 6.07 Å². The number of rotatable bonds is 3. The summed E-state index contributed by atoms with van der Waals surface area (Å²) in [6.07, 6.45) is 1.44. The van der Waals surface area contributed by atoms with Crippen molar-refractivity contribution in [1.82, 2.24) is 5.43 Å². The second-order valence-corrected chi connectivity index (χ2v) is 1.90. The number of nitrogens with one attached hydrogen (secondary N) is 2. The van der Waals surface area contributed by atoms with Crippen molar-refractivity contribution >= 4 is 12.1 Å². The van der Waals surface area contributed by atoms with E-state index in [0.29, 0.717) is 5.69 Å². The molecule has 0 atom stereocenters. The van der Waals surface area contributed by atoms with Gasteiger partial charge in [0.1, 0.15) is 5.75 Å². The third kappa shape index (κ3) is 2.17. The van der Waals surface area contributed by atoms with Crippen LogP contribution in [0.4, 0.5) is 5.69 Å². The lowest BCUT2D eigenvalue weighted by Gasteiger charge is -2.01. The first-order valence-electron chi connectivity index (χ1n) is 3.00. The van der Waals surface area contributed by atoms with Crippen LogP contribution in [0.3, 0.4) is 0 Å². The number of hydrogen-bond donors (Lipinski definition) is 3. The molecule has 1 amide bonds. The van der Waals surface area contributed by atoms with Crippen LogP contribution < -0.4 is 10.9 Å². The zero-order valence-electron chi connectivity index (χ0n) is 5.66. The third-order valence-corrected chi connectivity index (χ3v) is 1.10. The minimum atomic E-state index is 0.141. The van der Waals surface area contributed by atoms with Gasteiger partial charge in [0.05, 0.1) is 5.69 Å². The third-order valence-electron chi connectivity index (χ3n) is 1.10. The molecule has 0 heterocycles. The standard InChI is InChI=1S/C7H7N2O2/c10-5-8-9-6-2-1-3-7(11)4-6/h1-4,9,11H,(H,8,10). The van der Waals surface area contributed by atoms with Gasteiger partial charge >= 0.3 is 6.41 Å². The summed E-state index contributed by atoms with van der Waals surface area (Å²) in [6.45, 7) is 0. The first-order chi connectivity index (χ1) is 5.33. The van der Waals surface area contributed by atoms with Crippen molar-refractivity contribution in [1.29, 1.82) is 0 Å². The molecule has 0 spiro atoms. The van der Waals surface area contributed by atoms with Crippen LogP contribution in [0.5, 0.6) is 5.75 Å². The number of amides is 1. The van der Waals surface area contributed by atoms with Gasteiger partial charge in [0.25, 0.3) is 0 Å². The van der Waals surface area contributed by atoms with Crippen LogP contribution in [-0.2, 0) is 4.79 Å². The molecule has 1 aromatic rings. The van der Waals surface area contributed by atoms with Crippen molar-refractivity contribution in [2.24, 2.45) is 0 Å². The fraction of sp³-hybridized carbons (Fsp3) is 0. The number of anilines is 1. The smallest absolute Gasteiger partial charge is 0.329 e. The monoisotopic (exact) mass is 151 g/mol. The SMILES string of the molecule is O=[C]NNc1cccc(O)c1. The Hall–Kier alpha value is -1.71. The van der Waals surface area contributed by atoms with E-state index in [9.17, 15) is 4.79 Å². The highest BCUT2D eigenvalue weighted by molar-refractivity contribution is 5.54. The minimum Gasteiger partial charge on any atom is -0.508 e. The molecule has 57 valence electrons. The Balaban J connectivity index is 2.63. The molecule has 4 heteroatoms. The van der Waals surface area contributed by atoms with E-state index in [1.165, 1.54) is 18.5 Å². The van der Waals surface area contributed by atoms with Gasteiger partial charge in [-0.2, -0.15) is 0 Å². The van der Waals surface area contributed by atoms with Crippen molar-refractivity contribution in [2.75, 3.05) is 5.43 Å². The number of phenols is 1. The number of hydrogen-bond acceptors (Lipinski definition) is 3. The van der Waals surface area contributed by atoms with Crippen LogP contribution in [0, 0.1) is 0 Å². The van der Waals surface area contributed by atoms with Gasteiger partial charge in [-0.1, -0.05) is 6.07 Å². The molecule has 1 rings (SSSR count). The van der Waals surface area contributed by atoms with Crippen LogP contribution in [0.25, 0.3) is 0 Å². The lowest BCUT2D eigenvalue weighted by molar-refractivity contribution is 0.475. The lowest BCUT2D eigenvalue weighted by atomic mass is 10.3. The number of carbonyl (C=O) groups excluding carboxylic acids is 1. The molecule has 0 aliphatic rings. The van der Waals surface area contributed by atoms with E-state index in [1.807, 2.05) is 0 Å². The Morgan fingerprint density at radius 1 is 1.45 bits per heavy atom. The van der Waals surface area contributed by atoms with E-state index in [4.69, 9.17) is 5.11 Å². The Kier molecular flexibility index (Phi) is 2.32. The Labute approximate surface area is 63.8 Å². The summed E-state index contributed by atoms with van der Waals surface area (Å²) >= 11 is 0. The molecule has 1 radical (unpaired) electrons. The van der Waals surface area contributed by atoms with E-state index in [-0.39, 0.29) is 5.75 Å². The fourth-order valence-corrected chi connectivity index (χ4v) is 0.681. The first kappa shape index (κ1) is 7.40. The molecule has 0 aliphatic heterocycles. The maximum Gasteiger partial charge on any atom is 0.329 e. The molecule has 3 N–H and O–H groups in total. The highest BCUT2D eigenvalue weighted by Crippen LogP contribution is 2.13. The van der Waals surface area contributed by atoms with Crippen LogP contribution in [0.1, 0.15) is 0 Å². The largest absolute Gasteiger partial charge is 0.508 e. The number of aromatic hydroxyl groups is 1. The lowest BCUT2D eigenvalue weighted by Crippen LogP contribution is -2.18. The zero-order valence-corrected chi connectivity index (χ0v) is 5.66. The predicted octanol–water partition coefficient (Wildman–Crippen LogP) is 0.376. The summed E-state index contributed by atoms with van der Waals surface area (Å²) in [7, 11) is 0. The van der Waals surface area contributed by atoms with Gasteiger partial charge < -0.3 is 5.11 Å². The summed E-state index contributed by atoms with van der Waals surface area (Å²) in [5, 5.41) is 8.95. The van der Waals surface area contributed by atoms with E-state index in [2.05, 4.69) is 10.9 Å². The quantitative estimate of drug-likeness (QED) is 0.432. The van der Waals surface area contributed by atoms with Crippen molar-refractivity contribution in [3.8, 4) is 5.75 Å². The molecular formula is C7H7N2O2. The van der Waals surface area contributed by atoms with Crippen LogP contribution in [0.15, 0.2) is 24.3 Å². The summed E-state index contributed by atoms with van der Waals surface area (Å²) in [4.78, 5) is 9.70. The van der Waals surface area contributed by atoms with Gasteiger partial charge in [-0.25, -0.2) is 0 Å². The molecule has 1 aromatic carbocycles. The summed E-state index contributed by atoms with van der Waals surface area (Å²) in [5.74, 6) is 0.141. The van der Waals surface area contributed by atoms with Crippen LogP contribution >= 0.6 is 0 Å². The molecule has 11 heavy (non-hydrogen) atoms. The average molecular weight is 151 g/mol. The van der Waals surface area contributed by atoms with E-state index < -0.39 is 0 Å². The van der Waals surface area contributed by atoms with E-state index in [1.54, 1.807) is 12.1 Å². The Bertz CT molecular complexity index is 250. The highest BCUT2D eigenvalue weighted by Gasteiger charge is 1.90. The average Bonchev–Trinajstić information content (AvgIpc) is 2.01. The van der Waals surface area contributed by atoms with Gasteiger partial charge in [-0.15, -0.1) is 0 Å². The predicted molar refractivity (Wildman–Crippen MR) is 40.6 cm³/mol. The van der Waals surface area contributed by atoms with Gasteiger partial charge in [-0.05, 0) is 12.1 Å². The number of hydrazine groups is 1. The maximum absolute atomic E-state index is 9.70. The van der Waals surface area contributed by atoms with E-state index in [0.717, 1.165) is 0 Å². The van der Waals surface area contributed by atoms with Crippen molar-refractivity contribution < 1.29 is 9.90 Å². The van der Waals surface area contributed by atoms with Crippen LogP contribution in [-0.4, -0.2) is 11.5 Å². The summed E-state index contributed by atoms with van der Waals surface area (Å²) in [5.41, 5.74) is 5.23. The molecule has 0 aliphatic carbocycles. The zero-order chi connectivity index (χ0) is 8.10. The van der Waals surface area contributed by atoms with Gasteiger partial charge in [0.2, 0.25) is 0 Å². The normalized spacial score (nSPS) is 8.73. The number of benzene rings is 1. The molecule has 0 saturated heterocycles. The topological polar surface area (TPSA) is 61.4 Å². The van der Waals surface area contributed by atoms with Crippen LogP contribution in [0.2, 0.25) is 0 Å². The molecular weight excluding hydrogens is 144 g/mol. The Morgan fingerprint density at radius 2 is 2.27 bits per heavy atom. The molecule has 0 saturated carbocycles. The first-order valence-corrected chi connectivity index (χ1v) is 3.00. The number of phenolic OH excluding ortho intramolecular Hbond substituents is 1. The van der Waals surface area contributed by atoms with Crippen molar-refractivity contribution in [3.05, 3.63) is 24.3 Å². The summed E-state index contributed by atoms with van der Waals surface area (Å²) in [6, 6.07) is 6.37. The molecule has 0 unspecified atom stereocenters. The van der Waals surface area contributed by atoms with E-state index >= 15 is 0 Å². The fourth-order valence-electron chi connectivity index (χ4n) is 0.681. The Morgan fingerprint density at radius 3 is 2.91 bits per heavy atom. The van der Waals surface area contributed by atoms with Gasteiger partial charge in [0.15, 0.2) is 0 Å². The second kappa shape index (κ2) is 3.46. The minimum absolute atomic E-state index is 0.141. The molecule has 4 nitrogen and oxygen atoms in total. The summed E-state index contributed by atoms with van der Waals surface area (Å²) < 4.78 is 0. The maximum atomic E-state index is 9.70. The molecule has 0 fully saturated rings.